The summed E-state index contributed by atoms with van der Waals surface area (Å²) < 4.78 is 5.36. The van der Waals surface area contributed by atoms with E-state index in [1.807, 2.05) is 0 Å². The Morgan fingerprint density at radius 2 is 1.95 bits per heavy atom. The number of carbonyl (C=O) groups is 1. The van der Waals surface area contributed by atoms with E-state index in [0.29, 0.717) is 16.5 Å². The minimum absolute atomic E-state index is 0.193. The molecule has 6 heteroatoms. The molecule has 5 nitrogen and oxygen atoms in total. The summed E-state index contributed by atoms with van der Waals surface area (Å²) in [5, 5.41) is 5.80. The third-order valence-electron chi connectivity index (χ3n) is 2.73. The maximum atomic E-state index is 12.2. The number of hydrogen-bond donors (Lipinski definition) is 2. The van der Waals surface area contributed by atoms with E-state index in [-0.39, 0.29) is 22.1 Å². The first-order chi connectivity index (χ1) is 9.15. The highest BCUT2D eigenvalue weighted by Gasteiger charge is 2.20. The second-order valence-corrected chi connectivity index (χ2v) is 4.39. The number of carbonyl (C=O) groups excluding carboxylic acids is 1. The summed E-state index contributed by atoms with van der Waals surface area (Å²) in [5.74, 6) is -0.363. The molecule has 2 aromatic rings. The van der Waals surface area contributed by atoms with E-state index < -0.39 is 0 Å². The Labute approximate surface area is 112 Å². The van der Waals surface area contributed by atoms with Gasteiger partial charge in [0.05, 0.1) is 10.9 Å². The minimum Gasteiger partial charge on any atom is -0.463 e. The van der Waals surface area contributed by atoms with Gasteiger partial charge in [-0.2, -0.15) is 0 Å². The highest BCUT2D eigenvalue weighted by molar-refractivity contribution is 7.80. The lowest BCUT2D eigenvalue weighted by Gasteiger charge is -1.99. The van der Waals surface area contributed by atoms with Gasteiger partial charge in [0, 0.05) is 0 Å². The van der Waals surface area contributed by atoms with E-state index in [1.165, 1.54) is 12.3 Å². The van der Waals surface area contributed by atoms with Crippen molar-refractivity contribution in [1.29, 1.82) is 0 Å². The number of nitrogens with one attached hydrogen (secondary N) is 2. The van der Waals surface area contributed by atoms with Crippen molar-refractivity contribution in [2.75, 3.05) is 0 Å². The average molecular weight is 272 g/mol. The third-order valence-corrected chi connectivity index (χ3v) is 2.93. The largest absolute Gasteiger partial charge is 0.463 e. The van der Waals surface area contributed by atoms with Gasteiger partial charge in [-0.25, -0.2) is 0 Å². The van der Waals surface area contributed by atoms with Crippen LogP contribution in [0.25, 0.3) is 17.0 Å². The molecular formula is C13H8N2O3S. The summed E-state index contributed by atoms with van der Waals surface area (Å²) in [4.78, 5) is 23.7. The van der Waals surface area contributed by atoms with Crippen molar-refractivity contribution in [3.8, 4) is 0 Å². The number of hydrogen-bond acceptors (Lipinski definition) is 4. The van der Waals surface area contributed by atoms with Crippen LogP contribution in [0.4, 0.5) is 0 Å². The van der Waals surface area contributed by atoms with Crippen molar-refractivity contribution < 1.29 is 9.21 Å². The Balaban J connectivity index is 2.14. The SMILES string of the molecule is O=C1NC(=S)N/C1=C/c1coc2ccccc2c1=O. The number of benzene rings is 1. The average Bonchev–Trinajstić information content (AvgIpc) is 2.72. The number of thiocarbonyl (C=S) groups is 1. The second-order valence-electron chi connectivity index (χ2n) is 3.98. The van der Waals surface area contributed by atoms with Gasteiger partial charge in [0.25, 0.3) is 5.91 Å². The Bertz CT molecular complexity index is 792. The van der Waals surface area contributed by atoms with Crippen molar-refractivity contribution in [3.63, 3.8) is 0 Å². The van der Waals surface area contributed by atoms with Gasteiger partial charge in [0.1, 0.15) is 17.5 Å². The zero-order chi connectivity index (χ0) is 13.4. The fourth-order valence-corrected chi connectivity index (χ4v) is 2.03. The molecule has 0 saturated carbocycles. The Kier molecular flexibility index (Phi) is 2.64. The van der Waals surface area contributed by atoms with Gasteiger partial charge in [-0.15, -0.1) is 0 Å². The highest BCUT2D eigenvalue weighted by Crippen LogP contribution is 2.12. The van der Waals surface area contributed by atoms with Crippen LogP contribution in [0.15, 0.2) is 45.4 Å². The normalized spacial score (nSPS) is 16.7. The smallest absolute Gasteiger partial charge is 0.273 e. The molecule has 1 amide bonds. The Hall–Kier alpha value is -2.47. The molecule has 1 saturated heterocycles. The quantitative estimate of drug-likeness (QED) is 0.601. The summed E-state index contributed by atoms with van der Waals surface area (Å²) in [5.41, 5.74) is 0.837. The third kappa shape index (κ3) is 2.02. The molecule has 0 atom stereocenters. The molecule has 2 N–H and O–H groups in total. The van der Waals surface area contributed by atoms with Crippen molar-refractivity contribution >= 4 is 40.3 Å². The predicted octanol–water partition coefficient (Wildman–Crippen LogP) is 1.14. The minimum atomic E-state index is -0.363. The Morgan fingerprint density at radius 3 is 2.68 bits per heavy atom. The van der Waals surface area contributed by atoms with Crippen LogP contribution in [-0.4, -0.2) is 11.0 Å². The lowest BCUT2D eigenvalue weighted by Crippen LogP contribution is -2.21. The van der Waals surface area contributed by atoms with Crippen LogP contribution in [0.5, 0.6) is 0 Å². The lowest BCUT2D eigenvalue weighted by molar-refractivity contribution is -0.115. The van der Waals surface area contributed by atoms with Crippen molar-refractivity contribution in [2.24, 2.45) is 0 Å². The van der Waals surface area contributed by atoms with Crippen LogP contribution >= 0.6 is 12.2 Å². The molecule has 1 aliphatic heterocycles. The van der Waals surface area contributed by atoms with E-state index >= 15 is 0 Å². The summed E-state index contributed by atoms with van der Waals surface area (Å²) in [6, 6.07) is 6.93. The molecular weight excluding hydrogens is 264 g/mol. The van der Waals surface area contributed by atoms with Gasteiger partial charge in [0.2, 0.25) is 0 Å². The fourth-order valence-electron chi connectivity index (χ4n) is 1.83. The van der Waals surface area contributed by atoms with Crippen molar-refractivity contribution in [3.05, 3.63) is 52.0 Å². The molecule has 1 aliphatic rings. The number of fused-ring (bicyclic) bond motifs is 1. The van der Waals surface area contributed by atoms with E-state index in [2.05, 4.69) is 10.6 Å². The maximum Gasteiger partial charge on any atom is 0.273 e. The molecule has 0 bridgehead atoms. The second kappa shape index (κ2) is 4.33. The van der Waals surface area contributed by atoms with E-state index in [1.54, 1.807) is 24.3 Å². The maximum absolute atomic E-state index is 12.2. The zero-order valence-electron chi connectivity index (χ0n) is 9.60. The van der Waals surface area contributed by atoms with Gasteiger partial charge in [-0.1, -0.05) is 12.1 Å². The molecule has 1 aromatic heterocycles. The number of amides is 1. The standard InChI is InChI=1S/C13H8N2O3S/c16-11-7(5-9-12(17)15-13(19)14-9)6-18-10-4-2-1-3-8(10)11/h1-6H,(H2,14,15,17,19)/b9-5+. The molecule has 3 rings (SSSR count). The first-order valence-corrected chi connectivity index (χ1v) is 5.90. The van der Waals surface area contributed by atoms with Crippen LogP contribution in [0.3, 0.4) is 0 Å². The molecule has 1 aromatic carbocycles. The highest BCUT2D eigenvalue weighted by atomic mass is 32.1. The molecule has 0 aliphatic carbocycles. The first-order valence-electron chi connectivity index (χ1n) is 5.50. The summed E-state index contributed by atoms with van der Waals surface area (Å²) in [6.45, 7) is 0. The molecule has 94 valence electrons. The number of para-hydroxylation sites is 1. The fraction of sp³-hybridized carbons (Fsp3) is 0. The molecule has 0 radical (unpaired) electrons. The van der Waals surface area contributed by atoms with Crippen LogP contribution in [0, 0.1) is 0 Å². The van der Waals surface area contributed by atoms with Gasteiger partial charge < -0.3 is 9.73 Å². The van der Waals surface area contributed by atoms with Gasteiger partial charge in [0.15, 0.2) is 10.5 Å². The van der Waals surface area contributed by atoms with E-state index in [4.69, 9.17) is 16.6 Å². The molecule has 2 heterocycles. The van der Waals surface area contributed by atoms with Crippen LogP contribution in [0.1, 0.15) is 5.56 Å². The van der Waals surface area contributed by atoms with Gasteiger partial charge in [-0.05, 0) is 30.4 Å². The first kappa shape index (κ1) is 11.6. The Morgan fingerprint density at radius 1 is 1.16 bits per heavy atom. The van der Waals surface area contributed by atoms with Gasteiger partial charge >= 0.3 is 0 Å². The van der Waals surface area contributed by atoms with Crippen molar-refractivity contribution in [1.82, 2.24) is 10.6 Å². The predicted molar refractivity (Wildman–Crippen MR) is 74.3 cm³/mol. The van der Waals surface area contributed by atoms with Crippen molar-refractivity contribution in [2.45, 2.75) is 0 Å². The van der Waals surface area contributed by atoms with Crippen LogP contribution < -0.4 is 16.1 Å². The summed E-state index contributed by atoms with van der Waals surface area (Å²) in [6.07, 6.45) is 2.75. The molecule has 0 unspecified atom stereocenters. The van der Waals surface area contributed by atoms with Crippen LogP contribution in [0.2, 0.25) is 0 Å². The van der Waals surface area contributed by atoms with Gasteiger partial charge in [-0.3, -0.25) is 14.9 Å². The molecule has 19 heavy (non-hydrogen) atoms. The van der Waals surface area contributed by atoms with Crippen LogP contribution in [-0.2, 0) is 4.79 Å². The van der Waals surface area contributed by atoms with E-state index in [9.17, 15) is 9.59 Å². The molecule has 1 fully saturated rings. The monoisotopic (exact) mass is 272 g/mol. The number of rotatable bonds is 1. The zero-order valence-corrected chi connectivity index (χ0v) is 10.4. The topological polar surface area (TPSA) is 71.3 Å². The summed E-state index contributed by atoms with van der Waals surface area (Å²) in [7, 11) is 0. The lowest BCUT2D eigenvalue weighted by atomic mass is 10.1. The molecule has 0 spiro atoms. The van der Waals surface area contributed by atoms with E-state index in [0.717, 1.165) is 0 Å². The summed E-state index contributed by atoms with van der Waals surface area (Å²) >= 11 is 4.81.